The molecule has 8 heteroatoms. The Morgan fingerprint density at radius 1 is 1.26 bits per heavy atom. The number of nitrogens with zero attached hydrogens (tertiary/aromatic N) is 3. The van der Waals surface area contributed by atoms with Gasteiger partial charge in [0.15, 0.2) is 5.82 Å². The van der Waals surface area contributed by atoms with Crippen molar-refractivity contribution in [2.75, 3.05) is 12.4 Å². The number of amides is 1. The van der Waals surface area contributed by atoms with E-state index in [-0.39, 0.29) is 12.3 Å². The van der Waals surface area contributed by atoms with Crippen molar-refractivity contribution in [3.05, 3.63) is 52.4 Å². The number of nitrogens with one attached hydrogen (secondary N) is 1. The first-order chi connectivity index (χ1) is 11.1. The predicted octanol–water partition coefficient (Wildman–Crippen LogP) is 3.55. The molecule has 1 aromatic heterocycles. The Balaban J connectivity index is 2.01. The van der Waals surface area contributed by atoms with Crippen LogP contribution in [0.1, 0.15) is 18.4 Å². The van der Waals surface area contributed by atoms with E-state index in [1.807, 2.05) is 0 Å². The van der Waals surface area contributed by atoms with Crippen LogP contribution in [0.2, 0.25) is 10.0 Å². The SMILES string of the molecule is CON=C(CCC(=O)Nc1cnccn1)c1ccc(Cl)c(Cl)c1. The van der Waals surface area contributed by atoms with Gasteiger partial charge in [0.1, 0.15) is 7.11 Å². The third-order valence-corrected chi connectivity index (χ3v) is 3.61. The molecule has 120 valence electrons. The molecule has 0 unspecified atom stereocenters. The van der Waals surface area contributed by atoms with E-state index >= 15 is 0 Å². The number of carbonyl (C=O) groups is 1. The average molecular weight is 353 g/mol. The Labute approximate surface area is 143 Å². The molecule has 0 aliphatic carbocycles. The topological polar surface area (TPSA) is 76.5 Å². The Bertz CT molecular complexity index is 708. The second-order valence-electron chi connectivity index (χ2n) is 4.49. The minimum atomic E-state index is -0.200. The summed E-state index contributed by atoms with van der Waals surface area (Å²) >= 11 is 11.9. The Morgan fingerprint density at radius 3 is 2.74 bits per heavy atom. The molecule has 0 bridgehead atoms. The molecule has 1 amide bonds. The molecule has 23 heavy (non-hydrogen) atoms. The lowest BCUT2D eigenvalue weighted by molar-refractivity contribution is -0.116. The molecule has 1 N–H and O–H groups in total. The van der Waals surface area contributed by atoms with Crippen molar-refractivity contribution in [1.29, 1.82) is 0 Å². The molecule has 0 radical (unpaired) electrons. The number of halogens is 2. The van der Waals surface area contributed by atoms with Gasteiger partial charge in [0, 0.05) is 30.8 Å². The summed E-state index contributed by atoms with van der Waals surface area (Å²) in [5, 5.41) is 7.47. The standard InChI is InChI=1S/C15H14Cl2N4O2/c1-23-21-13(10-2-3-11(16)12(17)8-10)4-5-15(22)20-14-9-18-6-7-19-14/h2-3,6-9H,4-5H2,1H3,(H,19,20,22). The third kappa shape index (κ3) is 5.19. The molecule has 0 aliphatic rings. The first-order valence-corrected chi connectivity index (χ1v) is 7.47. The maximum Gasteiger partial charge on any atom is 0.225 e. The van der Waals surface area contributed by atoms with Crippen LogP contribution in [-0.2, 0) is 9.63 Å². The van der Waals surface area contributed by atoms with Crippen LogP contribution >= 0.6 is 23.2 Å². The number of oxime groups is 1. The van der Waals surface area contributed by atoms with Gasteiger partial charge in [-0.25, -0.2) is 4.98 Å². The first-order valence-electron chi connectivity index (χ1n) is 6.71. The van der Waals surface area contributed by atoms with Crippen molar-refractivity contribution in [2.24, 2.45) is 5.16 Å². The molecule has 2 aromatic rings. The molecule has 0 spiro atoms. The fourth-order valence-corrected chi connectivity index (χ4v) is 2.13. The quantitative estimate of drug-likeness (QED) is 0.636. The third-order valence-electron chi connectivity index (χ3n) is 2.87. The van der Waals surface area contributed by atoms with E-state index < -0.39 is 0 Å². The summed E-state index contributed by atoms with van der Waals surface area (Å²) in [6.45, 7) is 0. The predicted molar refractivity (Wildman–Crippen MR) is 89.9 cm³/mol. The summed E-state index contributed by atoms with van der Waals surface area (Å²) < 4.78 is 0. The zero-order chi connectivity index (χ0) is 16.7. The summed E-state index contributed by atoms with van der Waals surface area (Å²) in [5.74, 6) is 0.201. The van der Waals surface area contributed by atoms with Crippen LogP contribution in [0.5, 0.6) is 0 Å². The van der Waals surface area contributed by atoms with Crippen molar-refractivity contribution in [3.8, 4) is 0 Å². The summed E-state index contributed by atoms with van der Waals surface area (Å²) in [4.78, 5) is 24.6. The van der Waals surface area contributed by atoms with Crippen LogP contribution < -0.4 is 5.32 Å². The number of anilines is 1. The second kappa shape index (κ2) is 8.45. The highest BCUT2D eigenvalue weighted by Gasteiger charge is 2.11. The molecular formula is C15H14Cl2N4O2. The zero-order valence-corrected chi connectivity index (χ0v) is 13.8. The summed E-state index contributed by atoms with van der Waals surface area (Å²) in [7, 11) is 1.44. The van der Waals surface area contributed by atoms with Gasteiger partial charge < -0.3 is 10.2 Å². The van der Waals surface area contributed by atoms with Gasteiger partial charge >= 0.3 is 0 Å². The lowest BCUT2D eigenvalue weighted by Gasteiger charge is -2.08. The van der Waals surface area contributed by atoms with Gasteiger partial charge in [0.25, 0.3) is 0 Å². The molecule has 1 heterocycles. The fraction of sp³-hybridized carbons (Fsp3) is 0.200. The smallest absolute Gasteiger partial charge is 0.225 e. The molecule has 0 fully saturated rings. The lowest BCUT2D eigenvalue weighted by atomic mass is 10.1. The number of benzene rings is 1. The highest BCUT2D eigenvalue weighted by Crippen LogP contribution is 2.23. The van der Waals surface area contributed by atoms with E-state index in [0.717, 1.165) is 5.56 Å². The lowest BCUT2D eigenvalue weighted by Crippen LogP contribution is -2.15. The molecule has 2 rings (SSSR count). The maximum atomic E-state index is 12.0. The van der Waals surface area contributed by atoms with Gasteiger partial charge in [0.05, 0.1) is 22.0 Å². The zero-order valence-electron chi connectivity index (χ0n) is 12.3. The van der Waals surface area contributed by atoms with E-state index in [9.17, 15) is 4.79 Å². The number of hydrogen-bond donors (Lipinski definition) is 1. The van der Waals surface area contributed by atoms with Gasteiger partial charge in [-0.1, -0.05) is 34.4 Å². The van der Waals surface area contributed by atoms with Crippen LogP contribution in [0.15, 0.2) is 41.9 Å². The van der Waals surface area contributed by atoms with E-state index in [1.165, 1.54) is 25.7 Å². The van der Waals surface area contributed by atoms with Crippen LogP contribution in [0.4, 0.5) is 5.82 Å². The van der Waals surface area contributed by atoms with E-state index in [1.54, 1.807) is 18.2 Å². The Kier molecular flexibility index (Phi) is 6.31. The van der Waals surface area contributed by atoms with Crippen LogP contribution in [-0.4, -0.2) is 28.7 Å². The molecule has 0 saturated heterocycles. The summed E-state index contributed by atoms with van der Waals surface area (Å²) in [6.07, 6.45) is 5.09. The highest BCUT2D eigenvalue weighted by molar-refractivity contribution is 6.42. The average Bonchev–Trinajstić information content (AvgIpc) is 2.55. The van der Waals surface area contributed by atoms with Crippen molar-refractivity contribution < 1.29 is 9.63 Å². The number of carbonyl (C=O) groups excluding carboxylic acids is 1. The minimum absolute atomic E-state index is 0.200. The Hall–Kier alpha value is -2.18. The second-order valence-corrected chi connectivity index (χ2v) is 5.30. The van der Waals surface area contributed by atoms with E-state index in [0.29, 0.717) is 28.0 Å². The minimum Gasteiger partial charge on any atom is -0.399 e. The number of hydrogen-bond acceptors (Lipinski definition) is 5. The van der Waals surface area contributed by atoms with Gasteiger partial charge in [-0.05, 0) is 12.1 Å². The van der Waals surface area contributed by atoms with Crippen LogP contribution in [0, 0.1) is 0 Å². The highest BCUT2D eigenvalue weighted by atomic mass is 35.5. The van der Waals surface area contributed by atoms with Crippen molar-refractivity contribution in [2.45, 2.75) is 12.8 Å². The normalized spacial score (nSPS) is 11.2. The molecule has 0 aliphatic heterocycles. The molecular weight excluding hydrogens is 339 g/mol. The van der Waals surface area contributed by atoms with Gasteiger partial charge in [-0.2, -0.15) is 0 Å². The maximum absolute atomic E-state index is 12.0. The van der Waals surface area contributed by atoms with Crippen molar-refractivity contribution >= 4 is 40.6 Å². The van der Waals surface area contributed by atoms with Crippen LogP contribution in [0.3, 0.4) is 0 Å². The number of aromatic nitrogens is 2. The summed E-state index contributed by atoms with van der Waals surface area (Å²) in [6, 6.07) is 5.12. The molecule has 0 saturated carbocycles. The summed E-state index contributed by atoms with van der Waals surface area (Å²) in [5.41, 5.74) is 1.34. The van der Waals surface area contributed by atoms with Gasteiger partial charge in [0.2, 0.25) is 5.91 Å². The van der Waals surface area contributed by atoms with Crippen molar-refractivity contribution in [1.82, 2.24) is 9.97 Å². The number of rotatable bonds is 6. The van der Waals surface area contributed by atoms with Gasteiger partial charge in [-0.15, -0.1) is 0 Å². The van der Waals surface area contributed by atoms with E-state index in [4.69, 9.17) is 28.0 Å². The fourth-order valence-electron chi connectivity index (χ4n) is 1.83. The Morgan fingerprint density at radius 2 is 2.09 bits per heavy atom. The van der Waals surface area contributed by atoms with Gasteiger partial charge in [-0.3, -0.25) is 9.78 Å². The first kappa shape index (κ1) is 17.2. The van der Waals surface area contributed by atoms with Crippen molar-refractivity contribution in [3.63, 3.8) is 0 Å². The largest absolute Gasteiger partial charge is 0.399 e. The molecule has 1 aromatic carbocycles. The monoisotopic (exact) mass is 352 g/mol. The van der Waals surface area contributed by atoms with E-state index in [2.05, 4.69) is 20.4 Å². The van der Waals surface area contributed by atoms with Crippen LogP contribution in [0.25, 0.3) is 0 Å². The molecule has 6 nitrogen and oxygen atoms in total. The molecule has 0 atom stereocenters.